The van der Waals surface area contributed by atoms with Gasteiger partial charge in [-0.3, -0.25) is 0 Å². The molecule has 0 heterocycles. The first-order chi connectivity index (χ1) is 14.4. The van der Waals surface area contributed by atoms with Crippen LogP contribution in [0.5, 0.6) is 0 Å². The van der Waals surface area contributed by atoms with Gasteiger partial charge in [-0.1, -0.05) is 75.7 Å². The van der Waals surface area contributed by atoms with Gasteiger partial charge in [0.2, 0.25) is 0 Å². The molecule has 4 nitrogen and oxygen atoms in total. The van der Waals surface area contributed by atoms with Crippen LogP contribution in [0.25, 0.3) is 0 Å². The van der Waals surface area contributed by atoms with Crippen LogP contribution in [0, 0.1) is 0 Å². The lowest BCUT2D eigenvalue weighted by molar-refractivity contribution is 0.288. The molecule has 0 atom stereocenters. The van der Waals surface area contributed by atoms with Crippen LogP contribution in [0.15, 0.2) is 35.2 Å². The van der Waals surface area contributed by atoms with Gasteiger partial charge >= 0.3 is 0 Å². The molecule has 188 valence electrons. The molecule has 1 aromatic rings. The molecule has 0 unspecified atom stereocenters. The van der Waals surface area contributed by atoms with Gasteiger partial charge in [0.25, 0.3) is 0 Å². The molecule has 0 fully saturated rings. The molecule has 8 heteroatoms. The Morgan fingerprint density at radius 3 is 1.56 bits per heavy atom. The van der Waals surface area contributed by atoms with E-state index in [1.54, 1.807) is 24.3 Å². The molecule has 0 spiro atoms. The average Bonchev–Trinajstić information content (AvgIpc) is 2.65. The van der Waals surface area contributed by atoms with Crippen molar-refractivity contribution in [2.24, 2.45) is 0 Å². The summed E-state index contributed by atoms with van der Waals surface area (Å²) in [6, 6.07) is 8.60. The van der Waals surface area contributed by atoms with Crippen LogP contribution in [0.1, 0.15) is 54.4 Å². The van der Waals surface area contributed by atoms with E-state index >= 15 is 0 Å². The summed E-state index contributed by atoms with van der Waals surface area (Å²) in [6.07, 6.45) is 1.66. The minimum atomic E-state index is -3.18. The fourth-order valence-electron chi connectivity index (χ4n) is 2.14. The van der Waals surface area contributed by atoms with Gasteiger partial charge in [0, 0.05) is 18.5 Å². The number of alkyl halides is 1. The monoisotopic (exact) mass is 566 g/mol. The largest absolute Gasteiger partial charge is 0.417 e. The maximum atomic E-state index is 12.1. The second-order valence-electron chi connectivity index (χ2n) is 11.2. The van der Waals surface area contributed by atoms with Crippen molar-refractivity contribution in [2.45, 2.75) is 95.5 Å². The zero-order chi connectivity index (χ0) is 25.3. The number of halogens is 1. The van der Waals surface area contributed by atoms with E-state index in [0.29, 0.717) is 23.0 Å². The number of sulfone groups is 1. The molecule has 1 rings (SSSR count). The standard InChI is InChI=1S/C15H26O3SSi.C9H21BrOSi/c1-15(2,3)20(4,5)18-12-9-13-19(16,17)14-10-7-6-8-11-14;1-9(2,3)12(4,5)11-8-6-7-10/h6-8,10-11H,9,12-13H2,1-5H3;6-8H2,1-5H3. The van der Waals surface area contributed by atoms with Gasteiger partial charge in [0.05, 0.1) is 10.6 Å². The van der Waals surface area contributed by atoms with E-state index in [-0.39, 0.29) is 10.8 Å². The van der Waals surface area contributed by atoms with Crippen LogP contribution in [-0.2, 0) is 18.7 Å². The van der Waals surface area contributed by atoms with Gasteiger partial charge < -0.3 is 8.85 Å². The molecule has 0 bridgehead atoms. The molecule has 32 heavy (non-hydrogen) atoms. The van der Waals surface area contributed by atoms with Crippen molar-refractivity contribution in [3.8, 4) is 0 Å². The molecule has 0 aliphatic carbocycles. The van der Waals surface area contributed by atoms with Crippen LogP contribution in [0.3, 0.4) is 0 Å². The molecular formula is C24H47BrO4SSi2. The van der Waals surface area contributed by atoms with Gasteiger partial charge in [-0.25, -0.2) is 8.42 Å². The van der Waals surface area contributed by atoms with E-state index < -0.39 is 26.5 Å². The van der Waals surface area contributed by atoms with E-state index in [1.165, 1.54) is 0 Å². The summed E-state index contributed by atoms with van der Waals surface area (Å²) < 4.78 is 36.2. The van der Waals surface area contributed by atoms with Crippen LogP contribution in [0.4, 0.5) is 0 Å². The second-order valence-corrected chi connectivity index (χ2v) is 23.8. The number of hydrogen-bond donors (Lipinski definition) is 0. The lowest BCUT2D eigenvalue weighted by Crippen LogP contribution is -2.41. The van der Waals surface area contributed by atoms with Crippen molar-refractivity contribution in [1.82, 2.24) is 0 Å². The predicted octanol–water partition coefficient (Wildman–Crippen LogP) is 7.67. The minimum absolute atomic E-state index is 0.144. The Labute approximate surface area is 209 Å². The van der Waals surface area contributed by atoms with E-state index in [0.717, 1.165) is 18.4 Å². The first kappa shape index (κ1) is 32.0. The summed E-state index contributed by atoms with van der Waals surface area (Å²) >= 11 is 3.40. The van der Waals surface area contributed by atoms with Gasteiger partial charge in [-0.05, 0) is 61.2 Å². The number of benzene rings is 1. The SMILES string of the molecule is CC(C)(C)[Si](C)(C)OCCCBr.CC(C)(C)[Si](C)(C)OCCCS(=O)(=O)c1ccccc1. The van der Waals surface area contributed by atoms with E-state index in [2.05, 4.69) is 83.7 Å². The molecule has 0 aliphatic heterocycles. The Morgan fingerprint density at radius 1 is 0.781 bits per heavy atom. The van der Waals surface area contributed by atoms with Gasteiger partial charge in [0.15, 0.2) is 26.5 Å². The Hall–Kier alpha value is 0.00377. The van der Waals surface area contributed by atoms with Crippen LogP contribution < -0.4 is 0 Å². The first-order valence-electron chi connectivity index (χ1n) is 11.5. The van der Waals surface area contributed by atoms with Crippen molar-refractivity contribution in [1.29, 1.82) is 0 Å². The third kappa shape index (κ3) is 11.4. The van der Waals surface area contributed by atoms with Crippen LogP contribution in [0.2, 0.25) is 36.3 Å². The highest BCUT2D eigenvalue weighted by Crippen LogP contribution is 2.37. The van der Waals surface area contributed by atoms with Gasteiger partial charge in [0.1, 0.15) is 0 Å². The molecule has 0 aliphatic rings. The summed E-state index contributed by atoms with van der Waals surface area (Å²) in [5.41, 5.74) is 0. The van der Waals surface area contributed by atoms with Crippen molar-refractivity contribution >= 4 is 42.4 Å². The fourth-order valence-corrected chi connectivity index (χ4v) is 5.85. The van der Waals surface area contributed by atoms with Crippen LogP contribution >= 0.6 is 15.9 Å². The zero-order valence-electron chi connectivity index (χ0n) is 22.0. The normalized spacial score (nSPS) is 13.5. The summed E-state index contributed by atoms with van der Waals surface area (Å²) in [5.74, 6) is 0.144. The van der Waals surface area contributed by atoms with Gasteiger partial charge in [-0.2, -0.15) is 0 Å². The van der Waals surface area contributed by atoms with E-state index in [1.807, 2.05) is 6.07 Å². The van der Waals surface area contributed by atoms with Crippen molar-refractivity contribution in [3.05, 3.63) is 30.3 Å². The predicted molar refractivity (Wildman–Crippen MR) is 148 cm³/mol. The quantitative estimate of drug-likeness (QED) is 0.165. The summed E-state index contributed by atoms with van der Waals surface area (Å²) in [6.45, 7) is 23.7. The molecular weight excluding hydrogens is 520 g/mol. The lowest BCUT2D eigenvalue weighted by atomic mass is 10.2. The van der Waals surface area contributed by atoms with Crippen LogP contribution in [-0.4, -0.2) is 49.3 Å². The minimum Gasteiger partial charge on any atom is -0.417 e. The Balaban J connectivity index is 0.000000687. The second kappa shape index (κ2) is 13.2. The highest BCUT2D eigenvalue weighted by molar-refractivity contribution is 9.09. The van der Waals surface area contributed by atoms with Crippen molar-refractivity contribution in [2.75, 3.05) is 24.3 Å². The molecule has 0 saturated heterocycles. The molecule has 0 amide bonds. The average molecular weight is 568 g/mol. The molecule has 0 N–H and O–H groups in total. The molecule has 0 aromatic heterocycles. The smallest absolute Gasteiger partial charge is 0.191 e. The topological polar surface area (TPSA) is 52.6 Å². The summed E-state index contributed by atoms with van der Waals surface area (Å²) in [7, 11) is -6.42. The maximum absolute atomic E-state index is 12.1. The van der Waals surface area contributed by atoms with Crippen molar-refractivity contribution < 1.29 is 17.3 Å². The Morgan fingerprint density at radius 2 is 1.19 bits per heavy atom. The Kier molecular flexibility index (Phi) is 13.2. The number of rotatable bonds is 10. The molecule has 1 aromatic carbocycles. The zero-order valence-corrected chi connectivity index (χ0v) is 26.5. The van der Waals surface area contributed by atoms with Gasteiger partial charge in [-0.15, -0.1) is 0 Å². The molecule has 0 radical (unpaired) electrons. The number of hydrogen-bond acceptors (Lipinski definition) is 4. The van der Waals surface area contributed by atoms with Crippen molar-refractivity contribution in [3.63, 3.8) is 0 Å². The fraction of sp³-hybridized carbons (Fsp3) is 0.750. The molecule has 0 saturated carbocycles. The highest BCUT2D eigenvalue weighted by atomic mass is 79.9. The lowest BCUT2D eigenvalue weighted by Gasteiger charge is -2.36. The third-order valence-corrected chi connectivity index (χ3v) is 17.9. The maximum Gasteiger partial charge on any atom is 0.191 e. The highest BCUT2D eigenvalue weighted by Gasteiger charge is 2.37. The summed E-state index contributed by atoms with van der Waals surface area (Å²) in [4.78, 5) is 0.396. The van der Waals surface area contributed by atoms with E-state index in [9.17, 15) is 8.42 Å². The van der Waals surface area contributed by atoms with E-state index in [4.69, 9.17) is 8.85 Å². The summed E-state index contributed by atoms with van der Waals surface area (Å²) in [5, 5.41) is 1.55. The third-order valence-electron chi connectivity index (χ3n) is 6.48. The first-order valence-corrected chi connectivity index (χ1v) is 20.1. The Bertz CT molecular complexity index is 752.